The average Bonchev–Trinajstić information content (AvgIpc) is 3.06. The van der Waals surface area contributed by atoms with E-state index in [4.69, 9.17) is 14.2 Å². The lowest BCUT2D eigenvalue weighted by Gasteiger charge is -2.18. The summed E-state index contributed by atoms with van der Waals surface area (Å²) >= 11 is 0. The molecule has 6 heteroatoms. The van der Waals surface area contributed by atoms with E-state index in [1.54, 1.807) is 0 Å². The van der Waals surface area contributed by atoms with E-state index in [9.17, 15) is 14.4 Å². The van der Waals surface area contributed by atoms with Gasteiger partial charge in [-0.2, -0.15) is 0 Å². The highest BCUT2D eigenvalue weighted by molar-refractivity contribution is 5.71. The molecule has 0 amide bonds. The molecule has 49 heavy (non-hydrogen) atoms. The van der Waals surface area contributed by atoms with Gasteiger partial charge in [0, 0.05) is 19.3 Å². The number of hydrogen-bond acceptors (Lipinski definition) is 6. The Morgan fingerprint density at radius 3 is 1.00 bits per heavy atom. The first-order valence-electron chi connectivity index (χ1n) is 21.2. The quantitative estimate of drug-likeness (QED) is 0.0366. The Bertz CT molecular complexity index is 749. The standard InChI is InChI=1S/C43H82O6/c1-6-7-8-21-28-33-41(44)47-36-40(37-48-42(45)34-29-24-20-16-18-23-27-32-39(4)5)49-43(46)35-30-25-19-15-13-11-9-10-12-14-17-22-26-31-38(2)3/h38-40H,6-37H2,1-5H3/t40-/m0/s1. The number of carbonyl (C=O) groups is 3. The van der Waals surface area contributed by atoms with Gasteiger partial charge in [0.25, 0.3) is 0 Å². The Balaban J connectivity index is 4.20. The Morgan fingerprint density at radius 1 is 0.388 bits per heavy atom. The molecule has 290 valence electrons. The average molecular weight is 695 g/mol. The van der Waals surface area contributed by atoms with Crippen LogP contribution in [0.15, 0.2) is 0 Å². The van der Waals surface area contributed by atoms with Crippen LogP contribution in [0.4, 0.5) is 0 Å². The maximum Gasteiger partial charge on any atom is 0.306 e. The molecule has 0 saturated heterocycles. The van der Waals surface area contributed by atoms with Gasteiger partial charge < -0.3 is 14.2 Å². The molecule has 0 fully saturated rings. The molecule has 1 atom stereocenters. The second-order valence-corrected chi connectivity index (χ2v) is 15.6. The van der Waals surface area contributed by atoms with Crippen molar-refractivity contribution >= 4 is 17.9 Å². The van der Waals surface area contributed by atoms with Gasteiger partial charge in [0.05, 0.1) is 0 Å². The maximum absolute atomic E-state index is 12.6. The molecule has 0 radical (unpaired) electrons. The number of hydrogen-bond donors (Lipinski definition) is 0. The summed E-state index contributed by atoms with van der Waals surface area (Å²) in [4.78, 5) is 37.3. The number of esters is 3. The summed E-state index contributed by atoms with van der Waals surface area (Å²) in [6.07, 6.45) is 32.7. The molecule has 0 aliphatic carbocycles. The zero-order chi connectivity index (χ0) is 36.2. The van der Waals surface area contributed by atoms with E-state index in [-0.39, 0.29) is 31.1 Å². The van der Waals surface area contributed by atoms with E-state index < -0.39 is 6.10 Å². The van der Waals surface area contributed by atoms with Gasteiger partial charge in [0.2, 0.25) is 0 Å². The predicted octanol–water partition coefficient (Wildman–Crippen LogP) is 13.0. The third-order valence-electron chi connectivity index (χ3n) is 9.47. The summed E-state index contributed by atoms with van der Waals surface area (Å²) in [5.74, 6) is 0.742. The van der Waals surface area contributed by atoms with Gasteiger partial charge in [-0.1, -0.05) is 189 Å². The first-order valence-corrected chi connectivity index (χ1v) is 21.2. The molecule has 0 heterocycles. The van der Waals surface area contributed by atoms with Crippen LogP contribution in [0.5, 0.6) is 0 Å². The summed E-state index contributed by atoms with van der Waals surface area (Å²) in [6, 6.07) is 0. The van der Waals surface area contributed by atoms with Crippen LogP contribution in [0, 0.1) is 11.8 Å². The Labute approximate surface area is 304 Å². The highest BCUT2D eigenvalue weighted by Crippen LogP contribution is 2.16. The van der Waals surface area contributed by atoms with Crippen molar-refractivity contribution in [1.82, 2.24) is 0 Å². The summed E-state index contributed by atoms with van der Waals surface area (Å²) in [5.41, 5.74) is 0. The monoisotopic (exact) mass is 695 g/mol. The maximum atomic E-state index is 12.6. The summed E-state index contributed by atoms with van der Waals surface area (Å²) < 4.78 is 16.6. The Kier molecular flexibility index (Phi) is 35.0. The van der Waals surface area contributed by atoms with E-state index in [1.807, 2.05) is 0 Å². The van der Waals surface area contributed by atoms with E-state index in [0.29, 0.717) is 19.3 Å². The number of unbranched alkanes of at least 4 members (excludes halogenated alkanes) is 22. The van der Waals surface area contributed by atoms with Crippen LogP contribution in [0.2, 0.25) is 0 Å². The Morgan fingerprint density at radius 2 is 0.673 bits per heavy atom. The largest absolute Gasteiger partial charge is 0.462 e. The normalized spacial score (nSPS) is 12.1. The molecule has 0 rings (SSSR count). The van der Waals surface area contributed by atoms with Gasteiger partial charge in [-0.25, -0.2) is 0 Å². The van der Waals surface area contributed by atoms with Gasteiger partial charge in [-0.05, 0) is 31.1 Å². The van der Waals surface area contributed by atoms with Crippen LogP contribution in [0.25, 0.3) is 0 Å². The molecule has 0 unspecified atom stereocenters. The van der Waals surface area contributed by atoms with E-state index in [2.05, 4.69) is 34.6 Å². The van der Waals surface area contributed by atoms with Crippen molar-refractivity contribution in [3.05, 3.63) is 0 Å². The molecule has 0 saturated carbocycles. The zero-order valence-electron chi connectivity index (χ0n) is 33.3. The van der Waals surface area contributed by atoms with Gasteiger partial charge in [0.1, 0.15) is 13.2 Å². The molecule has 0 N–H and O–H groups in total. The molecule has 0 aromatic carbocycles. The van der Waals surface area contributed by atoms with Crippen LogP contribution >= 0.6 is 0 Å². The fourth-order valence-corrected chi connectivity index (χ4v) is 6.22. The van der Waals surface area contributed by atoms with Gasteiger partial charge >= 0.3 is 17.9 Å². The van der Waals surface area contributed by atoms with E-state index in [1.165, 1.54) is 109 Å². The first kappa shape index (κ1) is 47.4. The van der Waals surface area contributed by atoms with Crippen LogP contribution in [-0.2, 0) is 28.6 Å². The van der Waals surface area contributed by atoms with Crippen molar-refractivity contribution in [2.75, 3.05) is 13.2 Å². The van der Waals surface area contributed by atoms with Crippen molar-refractivity contribution in [3.8, 4) is 0 Å². The van der Waals surface area contributed by atoms with E-state index >= 15 is 0 Å². The lowest BCUT2D eigenvalue weighted by Crippen LogP contribution is -2.30. The molecule has 0 aromatic rings. The topological polar surface area (TPSA) is 78.9 Å². The molecule has 0 aliphatic heterocycles. The minimum Gasteiger partial charge on any atom is -0.462 e. The SMILES string of the molecule is CCCCCCCC(=O)OC[C@@H](COC(=O)CCCCCCCCCC(C)C)OC(=O)CCCCCCCCCCCCCCCC(C)C. The lowest BCUT2D eigenvalue weighted by atomic mass is 10.0. The number of ether oxygens (including phenoxy) is 3. The first-order chi connectivity index (χ1) is 23.7. The fraction of sp³-hybridized carbons (Fsp3) is 0.930. The van der Waals surface area contributed by atoms with Crippen molar-refractivity contribution in [1.29, 1.82) is 0 Å². The van der Waals surface area contributed by atoms with Crippen LogP contribution < -0.4 is 0 Å². The smallest absolute Gasteiger partial charge is 0.306 e. The van der Waals surface area contributed by atoms with Gasteiger partial charge in [-0.15, -0.1) is 0 Å². The molecular formula is C43H82O6. The van der Waals surface area contributed by atoms with Crippen LogP contribution in [0.1, 0.15) is 227 Å². The minimum atomic E-state index is -0.758. The second-order valence-electron chi connectivity index (χ2n) is 15.6. The fourth-order valence-electron chi connectivity index (χ4n) is 6.22. The highest BCUT2D eigenvalue weighted by Gasteiger charge is 2.19. The van der Waals surface area contributed by atoms with Crippen LogP contribution in [0.3, 0.4) is 0 Å². The molecule has 0 aliphatic rings. The van der Waals surface area contributed by atoms with Gasteiger partial charge in [-0.3, -0.25) is 14.4 Å². The molecule has 0 spiro atoms. The predicted molar refractivity (Wildman–Crippen MR) is 206 cm³/mol. The van der Waals surface area contributed by atoms with Crippen molar-refractivity contribution < 1.29 is 28.6 Å². The van der Waals surface area contributed by atoms with Crippen molar-refractivity contribution in [2.24, 2.45) is 11.8 Å². The third kappa shape index (κ3) is 37.5. The summed E-state index contributed by atoms with van der Waals surface area (Å²) in [7, 11) is 0. The second kappa shape index (κ2) is 36.2. The molecule has 0 aromatic heterocycles. The Hall–Kier alpha value is -1.59. The third-order valence-corrected chi connectivity index (χ3v) is 9.47. The van der Waals surface area contributed by atoms with Gasteiger partial charge in [0.15, 0.2) is 6.10 Å². The van der Waals surface area contributed by atoms with E-state index in [0.717, 1.165) is 76.0 Å². The molecular weight excluding hydrogens is 612 g/mol. The molecule has 6 nitrogen and oxygen atoms in total. The number of carbonyl (C=O) groups excluding carboxylic acids is 3. The number of rotatable bonds is 37. The minimum absolute atomic E-state index is 0.0671. The highest BCUT2D eigenvalue weighted by atomic mass is 16.6. The molecule has 0 bridgehead atoms. The van der Waals surface area contributed by atoms with Crippen molar-refractivity contribution in [2.45, 2.75) is 233 Å². The zero-order valence-corrected chi connectivity index (χ0v) is 33.3. The summed E-state index contributed by atoms with van der Waals surface area (Å²) in [5, 5.41) is 0. The van der Waals surface area contributed by atoms with Crippen LogP contribution in [-0.4, -0.2) is 37.2 Å². The lowest BCUT2D eigenvalue weighted by molar-refractivity contribution is -0.167. The summed E-state index contributed by atoms with van der Waals surface area (Å²) in [6.45, 7) is 11.2. The van der Waals surface area contributed by atoms with Crippen molar-refractivity contribution in [3.63, 3.8) is 0 Å².